The summed E-state index contributed by atoms with van der Waals surface area (Å²) < 4.78 is 52.7. The molecule has 8 aliphatic heterocycles. The lowest BCUT2D eigenvalue weighted by atomic mass is 9.81. The van der Waals surface area contributed by atoms with E-state index in [4.69, 9.17) is 37.9 Å². The van der Waals surface area contributed by atoms with Crippen LogP contribution in [0.25, 0.3) is 0 Å². The first-order valence-electron chi connectivity index (χ1n) is 20.0. The molecule has 0 radical (unpaired) electrons. The van der Waals surface area contributed by atoms with Crippen molar-refractivity contribution in [1.82, 2.24) is 0 Å². The average Bonchev–Trinajstić information content (AvgIpc) is 3.72. The van der Waals surface area contributed by atoms with Gasteiger partial charge in [-0.05, 0) is 62.0 Å². The van der Waals surface area contributed by atoms with Gasteiger partial charge in [0, 0.05) is 58.0 Å². The van der Waals surface area contributed by atoms with E-state index in [0.717, 1.165) is 49.7 Å². The van der Waals surface area contributed by atoms with Gasteiger partial charge in [-0.2, -0.15) is 0 Å². The van der Waals surface area contributed by atoms with Crippen LogP contribution in [-0.2, 0) is 42.7 Å². The fourth-order valence-electron chi connectivity index (χ4n) is 10.8. The Balaban J connectivity index is 1.06. The summed E-state index contributed by atoms with van der Waals surface area (Å²) in [5, 5.41) is 31.2. The summed E-state index contributed by atoms with van der Waals surface area (Å²) in [7, 11) is 1.62. The second-order valence-corrected chi connectivity index (χ2v) is 17.2. The number of hydrogen-bond donors (Lipinski definition) is 3. The van der Waals surface area contributed by atoms with E-state index in [1.807, 2.05) is 0 Å². The van der Waals surface area contributed by atoms with E-state index in [9.17, 15) is 20.1 Å². The predicted octanol–water partition coefficient (Wildman–Crippen LogP) is 3.46. The molecule has 10 bridgehead atoms. The molecule has 292 valence electrons. The zero-order chi connectivity index (χ0) is 36.3. The molecule has 52 heavy (non-hydrogen) atoms. The third-order valence-corrected chi connectivity index (χ3v) is 13.5. The van der Waals surface area contributed by atoms with E-state index in [0.29, 0.717) is 32.1 Å². The van der Waals surface area contributed by atoms with Crippen LogP contribution in [0.2, 0.25) is 0 Å². The first kappa shape index (κ1) is 37.6. The van der Waals surface area contributed by atoms with E-state index in [2.05, 4.69) is 20.1 Å². The van der Waals surface area contributed by atoms with Crippen LogP contribution in [0, 0.1) is 11.8 Å². The third-order valence-electron chi connectivity index (χ3n) is 13.5. The van der Waals surface area contributed by atoms with Crippen molar-refractivity contribution in [3.8, 4) is 0 Å². The maximum Gasteiger partial charge on any atom is 0.172 e. The number of carbonyl (C=O) groups excluding carboxylic acids is 1. The molecule has 0 aromatic carbocycles. The van der Waals surface area contributed by atoms with Crippen molar-refractivity contribution < 1.29 is 58.0 Å². The van der Waals surface area contributed by atoms with E-state index in [1.54, 1.807) is 7.11 Å². The molecule has 10 unspecified atom stereocenters. The maximum absolute atomic E-state index is 14.0. The van der Waals surface area contributed by atoms with Crippen molar-refractivity contribution in [2.45, 2.75) is 194 Å². The summed E-state index contributed by atoms with van der Waals surface area (Å²) in [6.45, 7) is 10.7. The van der Waals surface area contributed by atoms with Crippen LogP contribution in [0.3, 0.4) is 0 Å². The minimum atomic E-state index is -0.957. The standard InChI is InChI=1S/C40H60O12/c1-20-11-25-5-7-30-21(2)12-27(46-30)9-10-40-18-29(44)38(52-40)35-17-36(51-40)39-31(49-35)8-6-26(48-39)13-23(42)14-28-33(16-32(47-25)22(20)3)50-34(37(28)45-4)15-24(43)19-41/h20,24-39,41,43-44H,2-3,5-19H2,1,4H3/t20?,24-,25?,26?,27?,28?,29?,30?,31?,32+,33-,34+,35+,36?,37+,38?,39-,40+/m0/s1. The van der Waals surface area contributed by atoms with Gasteiger partial charge in [-0.3, -0.25) is 4.79 Å². The SMILES string of the molecule is C=C1CC2CC[C@]34CC(O)C(O3)[C@H]3CC(O4)[C@H]4OC(CCC4O3)CC(=O)CC3[C@H](C[C@H]4OC(CCC1O2)CC(C)C4=C)O[C@H](C[C@H](O)CO)[C@@H]3OC. The molecule has 0 aliphatic carbocycles. The molecule has 8 rings (SSSR count). The predicted molar refractivity (Wildman–Crippen MR) is 186 cm³/mol. The average molecular weight is 733 g/mol. The van der Waals surface area contributed by atoms with Gasteiger partial charge < -0.3 is 53.2 Å². The van der Waals surface area contributed by atoms with Crippen molar-refractivity contribution in [3.05, 3.63) is 24.3 Å². The van der Waals surface area contributed by atoms with Gasteiger partial charge in [0.25, 0.3) is 0 Å². The number of ether oxygens (including phenoxy) is 8. The Bertz CT molecular complexity index is 1330. The quantitative estimate of drug-likeness (QED) is 0.363. The van der Waals surface area contributed by atoms with Crippen molar-refractivity contribution in [3.63, 3.8) is 0 Å². The Morgan fingerprint density at radius 3 is 2.42 bits per heavy atom. The minimum Gasteiger partial charge on any atom is -0.394 e. The molecule has 8 fully saturated rings. The van der Waals surface area contributed by atoms with Gasteiger partial charge in [0.05, 0.1) is 86.0 Å². The summed E-state index contributed by atoms with van der Waals surface area (Å²) in [6, 6.07) is 0. The first-order chi connectivity index (χ1) is 25.0. The minimum absolute atomic E-state index is 0.0101. The Labute approximate surface area is 307 Å². The molecule has 0 aromatic heterocycles. The molecule has 12 heteroatoms. The largest absolute Gasteiger partial charge is 0.394 e. The van der Waals surface area contributed by atoms with Crippen LogP contribution < -0.4 is 0 Å². The van der Waals surface area contributed by atoms with Crippen LogP contribution in [-0.4, -0.2) is 132 Å². The number of rotatable bonds is 4. The number of Topliss-reactive ketones (excluding diaryl/α,β-unsaturated/α-hetero) is 1. The van der Waals surface area contributed by atoms with Crippen molar-refractivity contribution in [1.29, 1.82) is 0 Å². The van der Waals surface area contributed by atoms with Crippen molar-refractivity contribution in [2.24, 2.45) is 11.8 Å². The van der Waals surface area contributed by atoms with Crippen LogP contribution >= 0.6 is 0 Å². The summed E-state index contributed by atoms with van der Waals surface area (Å²) >= 11 is 0. The smallest absolute Gasteiger partial charge is 0.172 e. The number of fused-ring (bicyclic) bond motifs is 9. The van der Waals surface area contributed by atoms with E-state index >= 15 is 0 Å². The van der Waals surface area contributed by atoms with Crippen LogP contribution in [0.1, 0.15) is 96.8 Å². The Morgan fingerprint density at radius 2 is 1.62 bits per heavy atom. The maximum atomic E-state index is 14.0. The lowest BCUT2D eigenvalue weighted by Crippen LogP contribution is -2.58. The summed E-state index contributed by atoms with van der Waals surface area (Å²) in [5.74, 6) is -0.909. The summed E-state index contributed by atoms with van der Waals surface area (Å²) in [6.07, 6.45) is 3.06. The second-order valence-electron chi connectivity index (χ2n) is 17.2. The van der Waals surface area contributed by atoms with E-state index < -0.39 is 36.3 Å². The Kier molecular flexibility index (Phi) is 11.1. The fourth-order valence-corrected chi connectivity index (χ4v) is 10.8. The third kappa shape index (κ3) is 7.48. The van der Waals surface area contributed by atoms with Crippen LogP contribution in [0.4, 0.5) is 0 Å². The Hall–Kier alpha value is -1.29. The first-order valence-corrected chi connectivity index (χ1v) is 20.0. The molecule has 18 atom stereocenters. The molecule has 0 aromatic rings. The zero-order valence-electron chi connectivity index (χ0n) is 30.9. The lowest BCUT2D eigenvalue weighted by molar-refractivity contribution is -0.277. The molecular weight excluding hydrogens is 672 g/mol. The monoisotopic (exact) mass is 732 g/mol. The number of ketones is 1. The van der Waals surface area contributed by atoms with Gasteiger partial charge >= 0.3 is 0 Å². The topological polar surface area (TPSA) is 152 Å². The highest BCUT2D eigenvalue weighted by molar-refractivity contribution is 5.79. The van der Waals surface area contributed by atoms with Crippen molar-refractivity contribution >= 4 is 5.78 Å². The summed E-state index contributed by atoms with van der Waals surface area (Å²) in [5.41, 5.74) is 2.13. The number of carbonyl (C=O) groups is 1. The van der Waals surface area contributed by atoms with Gasteiger partial charge in [0.1, 0.15) is 18.0 Å². The number of aliphatic hydroxyl groups excluding tert-OH is 3. The highest BCUT2D eigenvalue weighted by Gasteiger charge is 2.59. The lowest BCUT2D eigenvalue weighted by Gasteiger charge is -2.47. The number of methoxy groups -OCH3 is 1. The molecule has 0 amide bonds. The van der Waals surface area contributed by atoms with Crippen LogP contribution in [0.15, 0.2) is 24.3 Å². The molecular formula is C40H60O12. The number of aliphatic hydroxyl groups is 3. The summed E-state index contributed by atoms with van der Waals surface area (Å²) in [4.78, 5) is 14.0. The molecule has 8 aliphatic rings. The highest BCUT2D eigenvalue weighted by atomic mass is 16.7. The van der Waals surface area contributed by atoms with Gasteiger partial charge in [-0.25, -0.2) is 0 Å². The molecule has 3 N–H and O–H groups in total. The van der Waals surface area contributed by atoms with Gasteiger partial charge in [0.15, 0.2) is 5.79 Å². The highest BCUT2D eigenvalue weighted by Crippen LogP contribution is 2.49. The van der Waals surface area contributed by atoms with E-state index in [-0.39, 0.29) is 105 Å². The Morgan fingerprint density at radius 1 is 0.827 bits per heavy atom. The molecule has 8 saturated heterocycles. The molecule has 0 saturated carbocycles. The second kappa shape index (κ2) is 15.3. The van der Waals surface area contributed by atoms with Crippen molar-refractivity contribution in [2.75, 3.05) is 13.7 Å². The van der Waals surface area contributed by atoms with E-state index in [1.165, 1.54) is 0 Å². The molecule has 12 nitrogen and oxygen atoms in total. The molecule has 8 heterocycles. The molecule has 1 spiro atoms. The normalized spacial score (nSPS) is 50.4. The van der Waals surface area contributed by atoms with Gasteiger partial charge in [-0.15, -0.1) is 0 Å². The van der Waals surface area contributed by atoms with Gasteiger partial charge in [-0.1, -0.05) is 20.1 Å². The zero-order valence-corrected chi connectivity index (χ0v) is 30.9. The number of hydrogen-bond acceptors (Lipinski definition) is 12. The fraction of sp³-hybridized carbons (Fsp3) is 0.875. The van der Waals surface area contributed by atoms with Crippen LogP contribution in [0.5, 0.6) is 0 Å². The van der Waals surface area contributed by atoms with Gasteiger partial charge in [0.2, 0.25) is 0 Å².